The summed E-state index contributed by atoms with van der Waals surface area (Å²) >= 11 is 4.24. The van der Waals surface area contributed by atoms with Crippen molar-refractivity contribution in [3.63, 3.8) is 0 Å². The molecule has 2 fully saturated rings. The summed E-state index contributed by atoms with van der Waals surface area (Å²) in [6, 6.07) is 0. The lowest BCUT2D eigenvalue weighted by atomic mass is 10.1. The van der Waals surface area contributed by atoms with E-state index in [0.717, 1.165) is 5.92 Å². The number of fused-ring (bicyclic) bond motifs is 1. The van der Waals surface area contributed by atoms with Gasteiger partial charge in [-0.15, -0.1) is 0 Å². The van der Waals surface area contributed by atoms with Gasteiger partial charge in [0.15, 0.2) is 0 Å². The Kier molecular flexibility index (Phi) is 2.42. The molecule has 1 saturated heterocycles. The zero-order valence-electron chi connectivity index (χ0n) is 4.75. The molecule has 2 unspecified atom stereocenters. The van der Waals surface area contributed by atoms with Gasteiger partial charge in [0.25, 0.3) is 0 Å². The molecule has 0 spiro atoms. The lowest BCUT2D eigenvalue weighted by Crippen LogP contribution is -2.43. The standard InChI is InChI=1S/C5H9N.I2/c1-5-2-4(5)3-6-5;1-2/h4,6H,2-3H2,1H3;. The van der Waals surface area contributed by atoms with E-state index in [1.165, 1.54) is 13.0 Å². The van der Waals surface area contributed by atoms with Crippen LogP contribution in [0.25, 0.3) is 0 Å². The first-order valence-corrected chi connectivity index (χ1v) is 8.99. The minimum Gasteiger partial charge on any atom is -0.311 e. The van der Waals surface area contributed by atoms with Gasteiger partial charge in [-0.1, -0.05) is 0 Å². The predicted molar refractivity (Wildman–Crippen MR) is 52.6 cm³/mol. The molecule has 48 valence electrons. The molecule has 0 bridgehead atoms. The van der Waals surface area contributed by atoms with Crippen molar-refractivity contribution in [2.75, 3.05) is 6.54 Å². The fourth-order valence-corrected chi connectivity index (χ4v) is 1.19. The van der Waals surface area contributed by atoms with Gasteiger partial charge in [-0.05, 0) is 19.3 Å². The minimum absolute atomic E-state index is 0.639. The van der Waals surface area contributed by atoms with Gasteiger partial charge >= 0.3 is 0 Å². The highest BCUT2D eigenvalue weighted by Crippen LogP contribution is 2.49. The Balaban J connectivity index is 0.000000147. The maximum Gasteiger partial charge on any atom is 0.0198 e. The molecule has 1 saturated carbocycles. The second-order valence-electron chi connectivity index (χ2n) is 2.70. The maximum absolute atomic E-state index is 3.36. The summed E-state index contributed by atoms with van der Waals surface area (Å²) < 4.78 is 0. The molecule has 0 aromatic rings. The van der Waals surface area contributed by atoms with Crippen LogP contribution < -0.4 is 5.32 Å². The number of rotatable bonds is 0. The second kappa shape index (κ2) is 2.57. The van der Waals surface area contributed by atoms with E-state index in [1.54, 1.807) is 0 Å². The smallest absolute Gasteiger partial charge is 0.0198 e. The fourth-order valence-electron chi connectivity index (χ4n) is 1.19. The van der Waals surface area contributed by atoms with Crippen LogP contribution in [0.15, 0.2) is 0 Å². The van der Waals surface area contributed by atoms with Gasteiger partial charge in [0, 0.05) is 49.3 Å². The molecular weight excluding hydrogens is 328 g/mol. The van der Waals surface area contributed by atoms with E-state index in [1.807, 2.05) is 0 Å². The third-order valence-corrected chi connectivity index (χ3v) is 2.16. The third kappa shape index (κ3) is 1.13. The lowest BCUT2D eigenvalue weighted by Gasteiger charge is -2.21. The van der Waals surface area contributed by atoms with Gasteiger partial charge in [0.05, 0.1) is 0 Å². The first-order valence-electron chi connectivity index (χ1n) is 2.71. The van der Waals surface area contributed by atoms with Crippen molar-refractivity contribution in [1.29, 1.82) is 0 Å². The fraction of sp³-hybridized carbons (Fsp3) is 1.00. The Bertz CT molecular complexity index is 92.4. The van der Waals surface area contributed by atoms with E-state index in [2.05, 4.69) is 49.5 Å². The van der Waals surface area contributed by atoms with Gasteiger partial charge in [-0.3, -0.25) is 0 Å². The van der Waals surface area contributed by atoms with Crippen LogP contribution in [-0.2, 0) is 0 Å². The largest absolute Gasteiger partial charge is 0.311 e. The first kappa shape index (κ1) is 7.53. The summed E-state index contributed by atoms with van der Waals surface area (Å²) in [5.74, 6) is 1.07. The van der Waals surface area contributed by atoms with Crippen LogP contribution in [0.5, 0.6) is 0 Å². The molecule has 1 aliphatic heterocycles. The summed E-state index contributed by atoms with van der Waals surface area (Å²) in [4.78, 5) is 0. The highest BCUT2D eigenvalue weighted by Gasteiger charge is 2.57. The number of nitrogens with one attached hydrogen (secondary N) is 1. The summed E-state index contributed by atoms with van der Waals surface area (Å²) in [6.07, 6.45) is 1.44. The van der Waals surface area contributed by atoms with E-state index in [0.29, 0.717) is 5.54 Å². The molecule has 8 heavy (non-hydrogen) atoms. The van der Waals surface area contributed by atoms with Gasteiger partial charge in [0.2, 0.25) is 0 Å². The summed E-state index contributed by atoms with van der Waals surface area (Å²) in [5.41, 5.74) is 0.639. The molecule has 1 nitrogen and oxygen atoms in total. The normalized spacial score (nSPS) is 47.6. The molecule has 2 rings (SSSR count). The van der Waals surface area contributed by atoms with Crippen molar-refractivity contribution in [3.8, 4) is 0 Å². The second-order valence-corrected chi connectivity index (χ2v) is 2.70. The van der Waals surface area contributed by atoms with E-state index in [9.17, 15) is 0 Å². The van der Waals surface area contributed by atoms with Crippen molar-refractivity contribution in [2.45, 2.75) is 18.9 Å². The van der Waals surface area contributed by atoms with E-state index < -0.39 is 0 Å². The van der Waals surface area contributed by atoms with Crippen molar-refractivity contribution in [2.24, 2.45) is 5.92 Å². The van der Waals surface area contributed by atoms with Crippen molar-refractivity contribution < 1.29 is 0 Å². The lowest BCUT2D eigenvalue weighted by molar-refractivity contribution is 0.382. The Morgan fingerprint density at radius 2 is 2.12 bits per heavy atom. The van der Waals surface area contributed by atoms with Crippen LogP contribution in [0.1, 0.15) is 13.3 Å². The molecule has 0 aromatic carbocycles. The van der Waals surface area contributed by atoms with Gasteiger partial charge in [0.1, 0.15) is 0 Å². The average Bonchev–Trinajstić information content (AvgIpc) is 2.24. The Morgan fingerprint density at radius 3 is 2.12 bits per heavy atom. The summed E-state index contributed by atoms with van der Waals surface area (Å²) in [6.45, 7) is 3.58. The van der Waals surface area contributed by atoms with Crippen LogP contribution in [-0.4, -0.2) is 12.1 Å². The van der Waals surface area contributed by atoms with Gasteiger partial charge in [-0.2, -0.15) is 0 Å². The average molecular weight is 337 g/mol. The minimum atomic E-state index is 0.639. The van der Waals surface area contributed by atoms with Crippen LogP contribution in [0.4, 0.5) is 0 Å². The van der Waals surface area contributed by atoms with Gasteiger partial charge < -0.3 is 5.32 Å². The Labute approximate surface area is 73.3 Å². The van der Waals surface area contributed by atoms with Crippen LogP contribution >= 0.6 is 37.2 Å². The third-order valence-electron chi connectivity index (χ3n) is 2.16. The number of hydrogen-bond donors (Lipinski definition) is 1. The van der Waals surface area contributed by atoms with E-state index >= 15 is 0 Å². The molecular formula is C5H9I2N. The molecule has 1 aliphatic carbocycles. The number of hydrogen-bond acceptors (Lipinski definition) is 1. The maximum atomic E-state index is 3.36. The molecule has 2 aliphatic rings. The van der Waals surface area contributed by atoms with Crippen molar-refractivity contribution >= 4 is 37.2 Å². The molecule has 0 radical (unpaired) electrons. The van der Waals surface area contributed by atoms with Crippen molar-refractivity contribution in [3.05, 3.63) is 0 Å². The predicted octanol–water partition coefficient (Wildman–Crippen LogP) is 2.14. The highest BCUT2D eigenvalue weighted by molar-refractivity contribution is 15.0. The zero-order chi connectivity index (χ0) is 6.20. The topological polar surface area (TPSA) is 12.0 Å². The monoisotopic (exact) mass is 337 g/mol. The SMILES string of the molecule is CC12CC1CN2.II. The van der Waals surface area contributed by atoms with E-state index in [4.69, 9.17) is 0 Å². The van der Waals surface area contributed by atoms with Crippen molar-refractivity contribution in [1.82, 2.24) is 5.32 Å². The summed E-state index contributed by atoms with van der Waals surface area (Å²) in [5, 5.41) is 3.36. The van der Waals surface area contributed by atoms with E-state index in [-0.39, 0.29) is 0 Å². The molecule has 0 aromatic heterocycles. The molecule has 3 heteroatoms. The first-order chi connectivity index (χ1) is 3.81. The molecule has 0 amide bonds. The molecule has 1 heterocycles. The summed E-state index contributed by atoms with van der Waals surface area (Å²) in [7, 11) is 0. The highest BCUT2D eigenvalue weighted by atomic mass is 128. The number of halogens is 2. The Hall–Kier alpha value is 1.42. The molecule has 2 atom stereocenters. The van der Waals surface area contributed by atoms with Crippen LogP contribution in [0.2, 0.25) is 0 Å². The van der Waals surface area contributed by atoms with Crippen LogP contribution in [0.3, 0.4) is 0 Å². The van der Waals surface area contributed by atoms with Gasteiger partial charge in [-0.25, -0.2) is 0 Å². The quantitative estimate of drug-likeness (QED) is 0.668. The van der Waals surface area contributed by atoms with Crippen LogP contribution in [0, 0.1) is 5.92 Å². The molecule has 1 N–H and O–H groups in total. The zero-order valence-corrected chi connectivity index (χ0v) is 9.06. The Morgan fingerprint density at radius 1 is 1.62 bits per heavy atom.